The third kappa shape index (κ3) is 3.08. The highest BCUT2D eigenvalue weighted by molar-refractivity contribution is 7.92. The Labute approximate surface area is 126 Å². The minimum Gasteiger partial charge on any atom is -0.465 e. The Kier molecular flexibility index (Phi) is 4.34. The van der Waals surface area contributed by atoms with Gasteiger partial charge in [0.05, 0.1) is 23.3 Å². The average molecular weight is 330 g/mol. The van der Waals surface area contributed by atoms with E-state index in [-0.39, 0.29) is 16.2 Å². The van der Waals surface area contributed by atoms with Crippen molar-refractivity contribution in [3.63, 3.8) is 0 Å². The zero-order valence-corrected chi connectivity index (χ0v) is 12.8. The molecule has 0 saturated carbocycles. The molecule has 1 atom stereocenters. The smallest absolute Gasteiger partial charge is 0.337 e. The van der Waals surface area contributed by atoms with Crippen molar-refractivity contribution >= 4 is 27.4 Å². The van der Waals surface area contributed by atoms with Crippen molar-refractivity contribution in [2.75, 3.05) is 7.11 Å². The largest absolute Gasteiger partial charge is 0.465 e. The number of esters is 1. The van der Waals surface area contributed by atoms with E-state index in [2.05, 4.69) is 9.89 Å². The molecule has 2 rings (SSSR count). The molecule has 0 aliphatic carbocycles. The van der Waals surface area contributed by atoms with Crippen molar-refractivity contribution in [1.29, 1.82) is 0 Å². The van der Waals surface area contributed by atoms with Crippen LogP contribution in [0.4, 0.5) is 0 Å². The number of rotatable bonds is 4. The molecule has 0 N–H and O–H groups in total. The lowest BCUT2D eigenvalue weighted by Gasteiger charge is -2.09. The Morgan fingerprint density at radius 2 is 2.10 bits per heavy atom. The summed E-state index contributed by atoms with van der Waals surface area (Å²) in [4.78, 5) is 11.4. The van der Waals surface area contributed by atoms with Gasteiger partial charge in [0.15, 0.2) is 10.5 Å². The predicted octanol–water partition coefficient (Wildman–Crippen LogP) is 2.48. The van der Waals surface area contributed by atoms with Crippen LogP contribution in [0.25, 0.3) is 0 Å². The molecule has 0 amide bonds. The van der Waals surface area contributed by atoms with Crippen LogP contribution < -0.4 is 0 Å². The van der Waals surface area contributed by atoms with E-state index in [0.29, 0.717) is 5.69 Å². The second-order valence-electron chi connectivity index (χ2n) is 4.25. The molecular weight excluding hydrogens is 318 g/mol. The average Bonchev–Trinajstić information content (AvgIpc) is 2.92. The number of sulfone groups is 1. The number of halogens is 1. The fraction of sp³-hybridized carbons (Fsp3) is 0.231. The van der Waals surface area contributed by atoms with Gasteiger partial charge in [-0.1, -0.05) is 22.8 Å². The summed E-state index contributed by atoms with van der Waals surface area (Å²) < 4.78 is 32.9. The van der Waals surface area contributed by atoms with Gasteiger partial charge >= 0.3 is 5.97 Å². The number of hydrogen-bond acceptors (Lipinski definition) is 6. The molecule has 0 bridgehead atoms. The number of aromatic nitrogens is 1. The van der Waals surface area contributed by atoms with Crippen molar-refractivity contribution in [3.05, 3.63) is 47.3 Å². The highest BCUT2D eigenvalue weighted by atomic mass is 35.5. The zero-order valence-electron chi connectivity index (χ0n) is 11.2. The number of aryl methyl sites for hydroxylation is 1. The SMILES string of the molecule is COC(=O)c1cccc(S(=O)(=O)C(Cl)c2cc(C)no2)c1. The number of nitrogens with zero attached hydrogens (tertiary/aromatic N) is 1. The molecule has 0 spiro atoms. The number of methoxy groups -OCH3 is 1. The van der Waals surface area contributed by atoms with Crippen LogP contribution in [0.2, 0.25) is 0 Å². The lowest BCUT2D eigenvalue weighted by Crippen LogP contribution is -2.10. The molecule has 112 valence electrons. The Bertz CT molecular complexity index is 768. The lowest BCUT2D eigenvalue weighted by molar-refractivity contribution is 0.0600. The second kappa shape index (κ2) is 5.87. The van der Waals surface area contributed by atoms with E-state index in [0.717, 1.165) is 0 Å². The van der Waals surface area contributed by atoms with Gasteiger partial charge < -0.3 is 9.26 Å². The number of alkyl halides is 1. The molecule has 8 heteroatoms. The molecule has 1 unspecified atom stereocenters. The van der Waals surface area contributed by atoms with Gasteiger partial charge in [-0.05, 0) is 25.1 Å². The van der Waals surface area contributed by atoms with E-state index in [4.69, 9.17) is 16.1 Å². The maximum atomic E-state index is 12.4. The van der Waals surface area contributed by atoms with Crippen molar-refractivity contribution in [3.8, 4) is 0 Å². The van der Waals surface area contributed by atoms with E-state index < -0.39 is 20.5 Å². The Hall–Kier alpha value is -1.86. The third-order valence-electron chi connectivity index (χ3n) is 2.73. The van der Waals surface area contributed by atoms with Gasteiger partial charge in [-0.2, -0.15) is 0 Å². The summed E-state index contributed by atoms with van der Waals surface area (Å²) in [5.41, 5.74) is 0.644. The van der Waals surface area contributed by atoms with E-state index >= 15 is 0 Å². The minimum atomic E-state index is -3.92. The van der Waals surface area contributed by atoms with Gasteiger partial charge in [0, 0.05) is 6.07 Å². The van der Waals surface area contributed by atoms with E-state index in [1.165, 1.54) is 37.4 Å². The first-order chi connectivity index (χ1) is 9.86. The molecule has 1 heterocycles. The summed E-state index contributed by atoms with van der Waals surface area (Å²) in [5.74, 6) is -0.605. The van der Waals surface area contributed by atoms with Crippen molar-refractivity contribution < 1.29 is 22.5 Å². The van der Waals surface area contributed by atoms with Crippen LogP contribution in [-0.2, 0) is 14.6 Å². The van der Waals surface area contributed by atoms with Gasteiger partial charge in [-0.15, -0.1) is 0 Å². The quantitative estimate of drug-likeness (QED) is 0.632. The second-order valence-corrected chi connectivity index (χ2v) is 6.98. The monoisotopic (exact) mass is 329 g/mol. The Balaban J connectivity index is 2.42. The van der Waals surface area contributed by atoms with E-state index in [1.54, 1.807) is 6.92 Å². The van der Waals surface area contributed by atoms with Gasteiger partial charge in [-0.3, -0.25) is 0 Å². The summed E-state index contributed by atoms with van der Waals surface area (Å²) in [6, 6.07) is 6.89. The van der Waals surface area contributed by atoms with Crippen LogP contribution in [0.15, 0.2) is 39.8 Å². The maximum Gasteiger partial charge on any atom is 0.337 e. The molecule has 1 aromatic carbocycles. The molecule has 2 aromatic rings. The van der Waals surface area contributed by atoms with Gasteiger partial charge in [0.1, 0.15) is 0 Å². The predicted molar refractivity (Wildman–Crippen MR) is 74.8 cm³/mol. The highest BCUT2D eigenvalue weighted by Crippen LogP contribution is 2.33. The fourth-order valence-electron chi connectivity index (χ4n) is 1.68. The van der Waals surface area contributed by atoms with Crippen LogP contribution in [0.1, 0.15) is 26.5 Å². The number of benzene rings is 1. The molecule has 0 radical (unpaired) electrons. The van der Waals surface area contributed by atoms with Gasteiger partial charge in [0.2, 0.25) is 9.84 Å². The summed E-state index contributed by atoms with van der Waals surface area (Å²) >= 11 is 5.97. The third-order valence-corrected chi connectivity index (χ3v) is 5.33. The molecule has 6 nitrogen and oxygen atoms in total. The Morgan fingerprint density at radius 3 is 2.67 bits per heavy atom. The highest BCUT2D eigenvalue weighted by Gasteiger charge is 2.31. The molecule has 0 saturated heterocycles. The number of ether oxygens (including phenoxy) is 1. The first-order valence-electron chi connectivity index (χ1n) is 5.86. The summed E-state index contributed by atoms with van der Waals surface area (Å²) in [5, 5.41) is 3.61. The van der Waals surface area contributed by atoms with Crippen molar-refractivity contribution in [1.82, 2.24) is 5.16 Å². The van der Waals surface area contributed by atoms with Crippen LogP contribution >= 0.6 is 11.6 Å². The van der Waals surface area contributed by atoms with Crippen LogP contribution in [0.3, 0.4) is 0 Å². The lowest BCUT2D eigenvalue weighted by atomic mass is 10.2. The fourth-order valence-corrected chi connectivity index (χ4v) is 3.31. The van der Waals surface area contributed by atoms with Gasteiger partial charge in [-0.25, -0.2) is 13.2 Å². The molecule has 1 aromatic heterocycles. The first-order valence-corrected chi connectivity index (χ1v) is 7.84. The Morgan fingerprint density at radius 1 is 1.38 bits per heavy atom. The van der Waals surface area contributed by atoms with Crippen molar-refractivity contribution in [2.24, 2.45) is 0 Å². The molecule has 0 aliphatic heterocycles. The maximum absolute atomic E-state index is 12.4. The summed E-state index contributed by atoms with van der Waals surface area (Å²) in [6.07, 6.45) is 0. The normalized spacial score (nSPS) is 12.9. The first kappa shape index (κ1) is 15.5. The molecular formula is C13H12ClNO5S. The number of hydrogen-bond donors (Lipinski definition) is 0. The summed E-state index contributed by atoms with van der Waals surface area (Å²) in [7, 11) is -2.71. The van der Waals surface area contributed by atoms with Gasteiger partial charge in [0.25, 0.3) is 0 Å². The summed E-state index contributed by atoms with van der Waals surface area (Å²) in [6.45, 7) is 1.65. The van der Waals surface area contributed by atoms with E-state index in [1.807, 2.05) is 0 Å². The van der Waals surface area contributed by atoms with Crippen LogP contribution in [-0.4, -0.2) is 26.7 Å². The molecule has 21 heavy (non-hydrogen) atoms. The molecule has 0 fully saturated rings. The zero-order chi connectivity index (χ0) is 15.6. The number of carbonyl (C=O) groups excluding carboxylic acids is 1. The topological polar surface area (TPSA) is 86.5 Å². The minimum absolute atomic E-state index is 0.0256. The number of carbonyl (C=O) groups is 1. The van der Waals surface area contributed by atoms with Crippen LogP contribution in [0.5, 0.6) is 0 Å². The van der Waals surface area contributed by atoms with Crippen molar-refractivity contribution in [2.45, 2.75) is 16.5 Å². The van der Waals surface area contributed by atoms with Crippen LogP contribution in [0, 0.1) is 6.92 Å². The molecule has 0 aliphatic rings. The standard InChI is InChI=1S/C13H12ClNO5S/c1-8-6-11(20-15-8)12(14)21(17,18)10-5-3-4-9(7-10)13(16)19-2/h3-7,12H,1-2H3. The van der Waals surface area contributed by atoms with E-state index in [9.17, 15) is 13.2 Å².